The topological polar surface area (TPSA) is 86.8 Å². The van der Waals surface area contributed by atoms with E-state index >= 15 is 0 Å². The lowest BCUT2D eigenvalue weighted by molar-refractivity contribution is -0.130. The van der Waals surface area contributed by atoms with Gasteiger partial charge in [0, 0.05) is 24.7 Å². The number of hydrogen-bond acceptors (Lipinski definition) is 5. The molecule has 0 spiro atoms. The highest BCUT2D eigenvalue weighted by atomic mass is 32.2. The highest BCUT2D eigenvalue weighted by Crippen LogP contribution is 2.31. The molecule has 1 saturated carbocycles. The summed E-state index contributed by atoms with van der Waals surface area (Å²) in [6.07, 6.45) is 3.50. The summed E-state index contributed by atoms with van der Waals surface area (Å²) in [5.41, 5.74) is 1.92. The maximum Gasteiger partial charge on any atom is 0.289 e. The third kappa shape index (κ3) is 4.03. The molecule has 0 aromatic heterocycles. The highest BCUT2D eigenvalue weighted by Gasteiger charge is 2.42. The molecule has 1 aromatic carbocycles. The van der Waals surface area contributed by atoms with Gasteiger partial charge in [-0.1, -0.05) is 42.3 Å². The summed E-state index contributed by atoms with van der Waals surface area (Å²) in [5, 5.41) is 2.84. The molecule has 2 saturated heterocycles. The van der Waals surface area contributed by atoms with Crippen molar-refractivity contribution in [1.82, 2.24) is 10.2 Å². The van der Waals surface area contributed by atoms with Crippen LogP contribution >= 0.6 is 11.8 Å². The molecule has 0 bridgehead atoms. The smallest absolute Gasteiger partial charge is 0.289 e. The average molecular weight is 416 g/mol. The second kappa shape index (κ2) is 8.18. The Labute approximate surface area is 174 Å². The van der Waals surface area contributed by atoms with Crippen LogP contribution in [0.2, 0.25) is 0 Å². The van der Waals surface area contributed by atoms with E-state index in [9.17, 15) is 19.2 Å². The molecule has 0 radical (unpaired) electrons. The van der Waals surface area contributed by atoms with Crippen molar-refractivity contribution in [3.05, 3.63) is 29.8 Å². The van der Waals surface area contributed by atoms with Gasteiger partial charge >= 0.3 is 0 Å². The molecule has 1 N–H and O–H groups in total. The Bertz CT molecular complexity index is 825. The van der Waals surface area contributed by atoms with E-state index in [1.165, 1.54) is 4.90 Å². The van der Waals surface area contributed by atoms with Gasteiger partial charge in [0.2, 0.25) is 17.7 Å². The standard InChI is InChI=1S/C21H25N3O4S/c1-13-6-8-15(9-7-13)23-11-14(10-18(23)25)20(27)22-16-4-2-3-5-17(16)24-19(26)12-29-21(24)28/h6-9,14,16-17H,2-5,10-12H2,1H3,(H,22,27). The van der Waals surface area contributed by atoms with Crippen LogP contribution in [0.25, 0.3) is 0 Å². The minimum Gasteiger partial charge on any atom is -0.351 e. The van der Waals surface area contributed by atoms with Crippen molar-refractivity contribution in [2.24, 2.45) is 5.92 Å². The van der Waals surface area contributed by atoms with Gasteiger partial charge in [-0.2, -0.15) is 0 Å². The summed E-state index contributed by atoms with van der Waals surface area (Å²) < 4.78 is 0. The number of carbonyl (C=O) groups excluding carboxylic acids is 4. The molecule has 1 aliphatic carbocycles. The first-order chi connectivity index (χ1) is 13.9. The van der Waals surface area contributed by atoms with Crippen LogP contribution in [0.5, 0.6) is 0 Å². The van der Waals surface area contributed by atoms with Crippen LogP contribution in [0.3, 0.4) is 0 Å². The number of hydrogen-bond donors (Lipinski definition) is 1. The zero-order valence-corrected chi connectivity index (χ0v) is 17.2. The van der Waals surface area contributed by atoms with E-state index in [4.69, 9.17) is 0 Å². The fourth-order valence-corrected chi connectivity index (χ4v) is 5.19. The van der Waals surface area contributed by atoms with E-state index in [0.29, 0.717) is 13.0 Å². The normalized spacial score (nSPS) is 27.6. The molecular weight excluding hydrogens is 390 g/mol. The summed E-state index contributed by atoms with van der Waals surface area (Å²) in [6.45, 7) is 2.34. The molecule has 4 rings (SSSR count). The van der Waals surface area contributed by atoms with Gasteiger partial charge in [0.15, 0.2) is 0 Å². The van der Waals surface area contributed by atoms with Crippen molar-refractivity contribution in [1.29, 1.82) is 0 Å². The molecule has 2 heterocycles. The van der Waals surface area contributed by atoms with Crippen LogP contribution in [0.1, 0.15) is 37.7 Å². The predicted molar refractivity (Wildman–Crippen MR) is 111 cm³/mol. The Morgan fingerprint density at radius 2 is 1.79 bits per heavy atom. The summed E-state index contributed by atoms with van der Waals surface area (Å²) in [7, 11) is 0. The molecular formula is C21H25N3O4S. The molecule has 29 heavy (non-hydrogen) atoms. The van der Waals surface area contributed by atoms with Gasteiger partial charge in [0.1, 0.15) is 0 Å². The molecule has 8 heteroatoms. The largest absolute Gasteiger partial charge is 0.351 e. The van der Waals surface area contributed by atoms with Gasteiger partial charge < -0.3 is 10.2 Å². The Morgan fingerprint density at radius 3 is 2.48 bits per heavy atom. The maximum atomic E-state index is 12.9. The fraction of sp³-hybridized carbons (Fsp3) is 0.524. The molecule has 1 aromatic rings. The number of benzene rings is 1. The highest BCUT2D eigenvalue weighted by molar-refractivity contribution is 8.14. The van der Waals surface area contributed by atoms with Gasteiger partial charge in [0.05, 0.1) is 17.7 Å². The third-order valence-electron chi connectivity index (χ3n) is 6.01. The molecule has 4 amide bonds. The zero-order valence-electron chi connectivity index (χ0n) is 16.4. The number of imide groups is 1. The number of aryl methyl sites for hydroxylation is 1. The van der Waals surface area contributed by atoms with Crippen molar-refractivity contribution in [2.75, 3.05) is 17.2 Å². The van der Waals surface area contributed by atoms with Crippen LogP contribution in [0.4, 0.5) is 10.5 Å². The molecule has 2 aliphatic heterocycles. The van der Waals surface area contributed by atoms with Crippen LogP contribution < -0.4 is 10.2 Å². The minimum atomic E-state index is -0.425. The molecule has 154 valence electrons. The van der Waals surface area contributed by atoms with Crippen molar-refractivity contribution < 1.29 is 19.2 Å². The minimum absolute atomic E-state index is 0.0597. The van der Waals surface area contributed by atoms with Crippen LogP contribution in [-0.2, 0) is 14.4 Å². The zero-order chi connectivity index (χ0) is 20.5. The molecule has 3 atom stereocenters. The molecule has 7 nitrogen and oxygen atoms in total. The lowest BCUT2D eigenvalue weighted by Gasteiger charge is -2.37. The van der Waals surface area contributed by atoms with E-state index in [1.54, 1.807) is 4.90 Å². The molecule has 3 fully saturated rings. The van der Waals surface area contributed by atoms with Gasteiger partial charge in [-0.3, -0.25) is 24.1 Å². The first-order valence-corrected chi connectivity index (χ1v) is 11.1. The monoisotopic (exact) mass is 415 g/mol. The number of rotatable bonds is 4. The summed E-state index contributed by atoms with van der Waals surface area (Å²) in [4.78, 5) is 52.7. The number of nitrogens with zero attached hydrogens (tertiary/aromatic N) is 2. The molecule has 3 aliphatic rings. The second-order valence-corrected chi connectivity index (χ2v) is 8.95. The Morgan fingerprint density at radius 1 is 1.07 bits per heavy atom. The number of carbonyl (C=O) groups is 4. The number of anilines is 1. The van der Waals surface area contributed by atoms with Gasteiger partial charge in [-0.15, -0.1) is 0 Å². The van der Waals surface area contributed by atoms with E-state index in [2.05, 4.69) is 5.32 Å². The lowest BCUT2D eigenvalue weighted by atomic mass is 9.88. The van der Waals surface area contributed by atoms with E-state index in [-0.39, 0.29) is 47.2 Å². The van der Waals surface area contributed by atoms with Crippen molar-refractivity contribution in [3.63, 3.8) is 0 Å². The molecule has 3 unspecified atom stereocenters. The van der Waals surface area contributed by atoms with Gasteiger partial charge in [0.25, 0.3) is 5.24 Å². The quantitative estimate of drug-likeness (QED) is 0.816. The van der Waals surface area contributed by atoms with Crippen molar-refractivity contribution in [3.8, 4) is 0 Å². The first-order valence-electron chi connectivity index (χ1n) is 10.1. The summed E-state index contributed by atoms with van der Waals surface area (Å²) >= 11 is 1.03. The number of nitrogens with one attached hydrogen (secondary N) is 1. The SMILES string of the molecule is Cc1ccc(N2CC(C(=O)NC3CCCCC3N3C(=O)CSC3=O)CC2=O)cc1. The van der Waals surface area contributed by atoms with Gasteiger partial charge in [-0.05, 0) is 31.9 Å². The number of amides is 4. The van der Waals surface area contributed by atoms with Crippen molar-refractivity contribution >= 4 is 40.4 Å². The van der Waals surface area contributed by atoms with Crippen LogP contribution in [0, 0.1) is 12.8 Å². The van der Waals surface area contributed by atoms with E-state index in [0.717, 1.165) is 42.3 Å². The summed E-state index contributed by atoms with van der Waals surface area (Å²) in [6, 6.07) is 7.16. The Kier molecular flexibility index (Phi) is 5.63. The number of thioether (sulfide) groups is 1. The third-order valence-corrected chi connectivity index (χ3v) is 6.85. The predicted octanol–water partition coefficient (Wildman–Crippen LogP) is 2.47. The maximum absolute atomic E-state index is 12.9. The average Bonchev–Trinajstić information content (AvgIpc) is 3.25. The lowest BCUT2D eigenvalue weighted by Crippen LogP contribution is -2.55. The van der Waals surface area contributed by atoms with Crippen LogP contribution in [0.15, 0.2) is 24.3 Å². The Hall–Kier alpha value is -2.35. The van der Waals surface area contributed by atoms with Crippen LogP contribution in [-0.4, -0.2) is 52.2 Å². The first kappa shape index (κ1) is 19.9. The van der Waals surface area contributed by atoms with E-state index < -0.39 is 5.92 Å². The van der Waals surface area contributed by atoms with E-state index in [1.807, 2.05) is 31.2 Å². The summed E-state index contributed by atoms with van der Waals surface area (Å²) in [5.74, 6) is -0.649. The second-order valence-electron chi connectivity index (χ2n) is 8.03. The van der Waals surface area contributed by atoms with Gasteiger partial charge in [-0.25, -0.2) is 0 Å². The fourth-order valence-electron chi connectivity index (χ4n) is 4.43. The Balaban J connectivity index is 1.43. The van der Waals surface area contributed by atoms with Crippen molar-refractivity contribution in [2.45, 2.75) is 51.1 Å².